The van der Waals surface area contributed by atoms with Gasteiger partial charge >= 0.3 is 0 Å². The van der Waals surface area contributed by atoms with Gasteiger partial charge in [0.05, 0.1) is 0 Å². The smallest absolute Gasteiger partial charge is 0.226 e. The van der Waals surface area contributed by atoms with Crippen molar-refractivity contribution < 1.29 is 8.73 Å². The van der Waals surface area contributed by atoms with Crippen LogP contribution in [0.4, 0.5) is 0 Å². The topological polar surface area (TPSA) is 92.4 Å². The molecule has 0 saturated heterocycles. The molecule has 1 fully saturated rings. The van der Waals surface area contributed by atoms with Crippen LogP contribution in [0.25, 0.3) is 0 Å². The molecule has 0 spiro atoms. The molecule has 0 amide bonds. The molecule has 24 heavy (non-hydrogen) atoms. The van der Waals surface area contributed by atoms with Crippen LogP contribution in [0, 0.1) is 6.92 Å². The van der Waals surface area contributed by atoms with Crippen LogP contribution < -0.4 is 10.6 Å². The average Bonchev–Trinajstić information content (AvgIpc) is 3.02. The minimum atomic E-state index is -0.700. The average molecular weight is 356 g/mol. The summed E-state index contributed by atoms with van der Waals surface area (Å²) >= 11 is 0. The van der Waals surface area contributed by atoms with Crippen LogP contribution in [0.2, 0.25) is 0 Å². The zero-order valence-electron chi connectivity index (χ0n) is 14.9. The lowest BCUT2D eigenvalue weighted by molar-refractivity contribution is 0.371. The Morgan fingerprint density at radius 2 is 2.29 bits per heavy atom. The fraction of sp³-hybridized carbons (Fsp3) is 0.812. The quantitative estimate of drug-likeness (QED) is 0.438. The number of aryl methyl sites for hydroxylation is 2. The summed E-state index contributed by atoms with van der Waals surface area (Å²) in [5.41, 5.74) is 0. The normalized spacial score (nSPS) is 23.0. The maximum atomic E-state index is 12.0. The number of hydrogen-bond donors (Lipinski definition) is 2. The summed E-state index contributed by atoms with van der Waals surface area (Å²) in [6.45, 7) is 4.61. The van der Waals surface area contributed by atoms with Crippen LogP contribution in [-0.4, -0.2) is 50.9 Å². The molecule has 0 aromatic carbocycles. The van der Waals surface area contributed by atoms with Crippen LogP contribution >= 0.6 is 0 Å². The third kappa shape index (κ3) is 5.89. The summed E-state index contributed by atoms with van der Waals surface area (Å²) in [4.78, 5) is 8.48. The number of hydrogen-bond acceptors (Lipinski definition) is 5. The number of nitrogens with one attached hydrogen (secondary N) is 2. The second-order valence-electron chi connectivity index (χ2n) is 6.14. The minimum absolute atomic E-state index is 0.320. The van der Waals surface area contributed by atoms with E-state index in [2.05, 4.69) is 25.8 Å². The number of aliphatic imine (C=N–C) groups is 1. The van der Waals surface area contributed by atoms with Crippen LogP contribution in [-0.2, 0) is 17.2 Å². The van der Waals surface area contributed by atoms with Crippen molar-refractivity contribution in [3.8, 4) is 0 Å². The molecular weight excluding hydrogens is 326 g/mol. The molecule has 136 valence electrons. The first-order valence-corrected chi connectivity index (χ1v) is 10.1. The third-order valence-corrected chi connectivity index (χ3v) is 6.02. The van der Waals surface area contributed by atoms with Crippen LogP contribution in [0.3, 0.4) is 0 Å². The zero-order chi connectivity index (χ0) is 17.4. The molecule has 0 radical (unpaired) electrons. The molecule has 7 nitrogen and oxygen atoms in total. The Morgan fingerprint density at radius 3 is 2.96 bits per heavy atom. The van der Waals surface area contributed by atoms with E-state index in [-0.39, 0.29) is 0 Å². The largest absolute Gasteiger partial charge is 0.356 e. The van der Waals surface area contributed by atoms with E-state index >= 15 is 0 Å². The van der Waals surface area contributed by atoms with Gasteiger partial charge in [0.15, 0.2) is 11.8 Å². The van der Waals surface area contributed by atoms with Gasteiger partial charge in [0.1, 0.15) is 0 Å². The number of rotatable bonds is 7. The molecule has 8 heteroatoms. The highest BCUT2D eigenvalue weighted by atomic mass is 32.2. The van der Waals surface area contributed by atoms with E-state index in [1.807, 2.05) is 13.8 Å². The maximum absolute atomic E-state index is 12.0. The van der Waals surface area contributed by atoms with Crippen molar-refractivity contribution in [1.82, 2.24) is 20.8 Å². The fourth-order valence-electron chi connectivity index (χ4n) is 3.03. The molecule has 1 heterocycles. The summed E-state index contributed by atoms with van der Waals surface area (Å²) in [6.07, 6.45) is 5.93. The molecule has 1 aliphatic carbocycles. The van der Waals surface area contributed by atoms with Crippen molar-refractivity contribution in [2.24, 2.45) is 4.99 Å². The van der Waals surface area contributed by atoms with Gasteiger partial charge in [0.25, 0.3) is 0 Å². The molecule has 1 aromatic rings. The molecule has 1 saturated carbocycles. The van der Waals surface area contributed by atoms with E-state index in [0.29, 0.717) is 23.0 Å². The van der Waals surface area contributed by atoms with E-state index in [0.717, 1.165) is 56.8 Å². The van der Waals surface area contributed by atoms with Crippen LogP contribution in [0.5, 0.6) is 0 Å². The van der Waals surface area contributed by atoms with Gasteiger partial charge < -0.3 is 15.2 Å². The van der Waals surface area contributed by atoms with Gasteiger partial charge in [0.2, 0.25) is 5.89 Å². The lowest BCUT2D eigenvalue weighted by atomic mass is 9.95. The Labute approximate surface area is 146 Å². The lowest BCUT2D eigenvalue weighted by Gasteiger charge is -2.30. The highest BCUT2D eigenvalue weighted by Crippen LogP contribution is 2.22. The van der Waals surface area contributed by atoms with Crippen molar-refractivity contribution in [3.63, 3.8) is 0 Å². The van der Waals surface area contributed by atoms with Crippen molar-refractivity contribution in [2.45, 2.75) is 63.7 Å². The molecule has 0 aliphatic heterocycles. The zero-order valence-corrected chi connectivity index (χ0v) is 15.7. The summed E-state index contributed by atoms with van der Waals surface area (Å²) in [6, 6.07) is 0.351. The Hall–Kier alpha value is -1.44. The predicted molar refractivity (Wildman–Crippen MR) is 96.6 cm³/mol. The third-order valence-electron chi connectivity index (χ3n) is 4.28. The lowest BCUT2D eigenvalue weighted by Crippen LogP contribution is -2.46. The van der Waals surface area contributed by atoms with Gasteiger partial charge in [-0.25, -0.2) is 0 Å². The van der Waals surface area contributed by atoms with Crippen LogP contribution in [0.1, 0.15) is 50.7 Å². The predicted octanol–water partition coefficient (Wildman–Crippen LogP) is 1.56. The van der Waals surface area contributed by atoms with Gasteiger partial charge in [0, 0.05) is 47.9 Å². The number of aromatic nitrogens is 2. The Kier molecular flexibility index (Phi) is 7.68. The summed E-state index contributed by atoms with van der Waals surface area (Å²) in [5.74, 6) is 2.91. The molecule has 0 bridgehead atoms. The number of nitrogens with zero attached hydrogens (tertiary/aromatic N) is 3. The Bertz CT molecular complexity index is 560. The summed E-state index contributed by atoms with van der Waals surface area (Å²) < 4.78 is 17.1. The fourth-order valence-corrected chi connectivity index (χ4v) is 4.37. The standard InChI is InChI=1S/C16H29N5O2S/c1-4-24(22)14-8-5-7-13(11-14)20-16(17-3)18-10-6-9-15-19-12(2)21-23-15/h13-14H,4-11H2,1-3H3,(H2,17,18,20). The molecule has 2 N–H and O–H groups in total. The van der Waals surface area contributed by atoms with Crippen molar-refractivity contribution in [3.05, 3.63) is 11.7 Å². The van der Waals surface area contributed by atoms with Gasteiger partial charge in [-0.05, 0) is 32.6 Å². The van der Waals surface area contributed by atoms with Gasteiger partial charge in [-0.3, -0.25) is 9.20 Å². The second-order valence-corrected chi connectivity index (χ2v) is 8.14. The highest BCUT2D eigenvalue weighted by molar-refractivity contribution is 7.85. The monoisotopic (exact) mass is 355 g/mol. The highest BCUT2D eigenvalue weighted by Gasteiger charge is 2.25. The van der Waals surface area contributed by atoms with E-state index in [1.165, 1.54) is 0 Å². The second kappa shape index (κ2) is 9.76. The summed E-state index contributed by atoms with van der Waals surface area (Å²) in [5, 5.41) is 10.9. The van der Waals surface area contributed by atoms with E-state index < -0.39 is 10.8 Å². The Morgan fingerprint density at radius 1 is 1.46 bits per heavy atom. The van der Waals surface area contributed by atoms with Crippen molar-refractivity contribution in [2.75, 3.05) is 19.3 Å². The first-order chi connectivity index (χ1) is 11.6. The van der Waals surface area contributed by atoms with Gasteiger partial charge in [-0.15, -0.1) is 0 Å². The van der Waals surface area contributed by atoms with Crippen LogP contribution in [0.15, 0.2) is 9.52 Å². The molecule has 1 aliphatic rings. The minimum Gasteiger partial charge on any atom is -0.356 e. The van der Waals surface area contributed by atoms with Crippen molar-refractivity contribution >= 4 is 16.8 Å². The SMILES string of the molecule is CCS(=O)C1CCCC(NC(=NC)NCCCc2nc(C)no2)C1. The van der Waals surface area contributed by atoms with E-state index in [1.54, 1.807) is 7.05 Å². The summed E-state index contributed by atoms with van der Waals surface area (Å²) in [7, 11) is 1.08. The Balaban J connectivity index is 1.70. The number of guanidine groups is 1. The first kappa shape index (κ1) is 18.9. The molecule has 2 rings (SSSR count). The molecule has 3 unspecified atom stereocenters. The molecule has 3 atom stereocenters. The van der Waals surface area contributed by atoms with Gasteiger partial charge in [-0.2, -0.15) is 4.98 Å². The maximum Gasteiger partial charge on any atom is 0.226 e. The molecular formula is C16H29N5O2S. The first-order valence-electron chi connectivity index (χ1n) is 8.76. The molecule has 1 aromatic heterocycles. The van der Waals surface area contributed by atoms with E-state index in [9.17, 15) is 4.21 Å². The van der Waals surface area contributed by atoms with E-state index in [4.69, 9.17) is 4.52 Å². The van der Waals surface area contributed by atoms with Crippen molar-refractivity contribution in [1.29, 1.82) is 0 Å². The van der Waals surface area contributed by atoms with Gasteiger partial charge in [-0.1, -0.05) is 18.5 Å².